The molecule has 0 unspecified atom stereocenters. The third kappa shape index (κ3) is 3.77. The van der Waals surface area contributed by atoms with Crippen LogP contribution in [-0.4, -0.2) is 79.1 Å². The smallest absolute Gasteiger partial charge is 0.289 e. The number of carbonyl (C=O) groups is 2. The fraction of sp³-hybridized carbons (Fsp3) is 0.542. The summed E-state index contributed by atoms with van der Waals surface area (Å²) in [5.74, 6) is 2.12. The van der Waals surface area contributed by atoms with Crippen LogP contribution >= 0.6 is 0 Å². The van der Waals surface area contributed by atoms with Crippen molar-refractivity contribution in [2.24, 2.45) is 11.3 Å². The predicted molar refractivity (Wildman–Crippen MR) is 118 cm³/mol. The minimum atomic E-state index is -0.525. The number of ether oxygens (including phenoxy) is 1. The molecule has 5 rings (SSSR count). The molecule has 0 bridgehead atoms. The average Bonchev–Trinajstić information content (AvgIpc) is 3.38. The van der Waals surface area contributed by atoms with Crippen molar-refractivity contribution >= 4 is 17.6 Å². The summed E-state index contributed by atoms with van der Waals surface area (Å²) in [6, 6.07) is 9.42. The monoisotopic (exact) mass is 438 g/mol. The summed E-state index contributed by atoms with van der Waals surface area (Å²) < 4.78 is 11.1. The number of rotatable bonds is 3. The van der Waals surface area contributed by atoms with Gasteiger partial charge in [0.2, 0.25) is 5.91 Å². The van der Waals surface area contributed by atoms with Gasteiger partial charge in [-0.15, -0.1) is 0 Å². The number of morpholine rings is 1. The molecule has 2 atom stereocenters. The third-order valence-corrected chi connectivity index (χ3v) is 7.12. The number of pyridine rings is 1. The Morgan fingerprint density at radius 3 is 2.62 bits per heavy atom. The molecule has 8 nitrogen and oxygen atoms in total. The normalized spacial score (nSPS) is 26.0. The molecule has 32 heavy (non-hydrogen) atoms. The highest BCUT2D eigenvalue weighted by Gasteiger charge is 2.55. The first-order valence-corrected chi connectivity index (χ1v) is 11.5. The molecule has 0 spiro atoms. The quantitative estimate of drug-likeness (QED) is 0.731. The number of hydrogen-bond acceptors (Lipinski definition) is 6. The van der Waals surface area contributed by atoms with Crippen LogP contribution in [0.1, 0.15) is 29.2 Å². The highest BCUT2D eigenvalue weighted by Crippen LogP contribution is 2.45. The van der Waals surface area contributed by atoms with Crippen LogP contribution in [0, 0.1) is 18.3 Å². The molecule has 0 radical (unpaired) electrons. The minimum absolute atomic E-state index is 0.0300. The number of likely N-dealkylation sites (tertiary alicyclic amines) is 1. The lowest BCUT2D eigenvalue weighted by molar-refractivity contribution is -0.148. The van der Waals surface area contributed by atoms with Gasteiger partial charge in [0.05, 0.1) is 18.6 Å². The van der Waals surface area contributed by atoms with Gasteiger partial charge in [-0.05, 0) is 44.0 Å². The van der Waals surface area contributed by atoms with Gasteiger partial charge in [0.25, 0.3) is 5.91 Å². The number of fused-ring (bicyclic) bond motifs is 1. The maximum absolute atomic E-state index is 13.9. The van der Waals surface area contributed by atoms with Crippen molar-refractivity contribution in [1.29, 1.82) is 0 Å². The van der Waals surface area contributed by atoms with E-state index in [0.717, 1.165) is 24.4 Å². The molecule has 2 aromatic rings. The summed E-state index contributed by atoms with van der Waals surface area (Å²) in [7, 11) is 0. The summed E-state index contributed by atoms with van der Waals surface area (Å²) >= 11 is 0. The van der Waals surface area contributed by atoms with E-state index in [1.165, 1.54) is 0 Å². The van der Waals surface area contributed by atoms with E-state index < -0.39 is 5.41 Å². The Labute approximate surface area is 188 Å². The summed E-state index contributed by atoms with van der Waals surface area (Å²) in [6.07, 6.45) is 3.33. The second kappa shape index (κ2) is 8.58. The Morgan fingerprint density at radius 1 is 1.06 bits per heavy atom. The lowest BCUT2D eigenvalue weighted by atomic mass is 9.73. The van der Waals surface area contributed by atoms with Crippen LogP contribution in [0.5, 0.6) is 0 Å². The molecule has 8 heteroatoms. The van der Waals surface area contributed by atoms with Gasteiger partial charge in [-0.1, -0.05) is 6.07 Å². The molecule has 2 aromatic heterocycles. The first-order valence-electron chi connectivity index (χ1n) is 11.5. The molecule has 3 aliphatic heterocycles. The van der Waals surface area contributed by atoms with E-state index in [1.807, 2.05) is 41.0 Å². The van der Waals surface area contributed by atoms with Crippen LogP contribution in [0.3, 0.4) is 0 Å². The number of carbonyl (C=O) groups excluding carboxylic acids is 2. The van der Waals surface area contributed by atoms with Crippen molar-refractivity contribution < 1.29 is 18.7 Å². The lowest BCUT2D eigenvalue weighted by Gasteiger charge is -2.38. The maximum atomic E-state index is 13.9. The van der Waals surface area contributed by atoms with Crippen molar-refractivity contribution in [3.8, 4) is 0 Å². The Kier molecular flexibility index (Phi) is 5.63. The van der Waals surface area contributed by atoms with Crippen LogP contribution < -0.4 is 4.90 Å². The van der Waals surface area contributed by atoms with E-state index >= 15 is 0 Å². The molecule has 3 aliphatic rings. The van der Waals surface area contributed by atoms with Crippen LogP contribution in [0.15, 0.2) is 40.9 Å². The van der Waals surface area contributed by atoms with E-state index in [0.29, 0.717) is 58.2 Å². The van der Waals surface area contributed by atoms with Gasteiger partial charge in [-0.3, -0.25) is 9.59 Å². The number of amides is 2. The van der Waals surface area contributed by atoms with E-state index in [9.17, 15) is 9.59 Å². The number of aryl methyl sites for hydroxylation is 1. The Hall–Kier alpha value is -2.87. The van der Waals surface area contributed by atoms with Crippen molar-refractivity contribution in [3.63, 3.8) is 0 Å². The van der Waals surface area contributed by atoms with Gasteiger partial charge >= 0.3 is 0 Å². The fourth-order valence-electron chi connectivity index (χ4n) is 5.47. The van der Waals surface area contributed by atoms with E-state index in [-0.39, 0.29) is 17.7 Å². The number of furan rings is 1. The lowest BCUT2D eigenvalue weighted by Crippen LogP contribution is -2.53. The van der Waals surface area contributed by atoms with Gasteiger partial charge in [-0.25, -0.2) is 4.98 Å². The Balaban J connectivity index is 1.44. The summed E-state index contributed by atoms with van der Waals surface area (Å²) in [6.45, 7) is 6.77. The molecule has 0 aliphatic carbocycles. The zero-order chi connectivity index (χ0) is 22.1. The number of aromatic nitrogens is 1. The minimum Gasteiger partial charge on any atom is -0.456 e. The second-order valence-electron chi connectivity index (χ2n) is 9.09. The Bertz CT molecular complexity index is 971. The first-order chi connectivity index (χ1) is 15.6. The standard InChI is InChI=1S/C24H30N4O4/c1-18-6-7-20(32-18)22(29)27-10-4-8-24(23(30)26-11-13-31-14-12-26)17-28(16-19(24)15-27)21-5-2-3-9-25-21/h2-3,5-7,9,19H,4,8,10-17H2,1H3/t19-,24-/m1/s1. The average molecular weight is 439 g/mol. The second-order valence-corrected chi connectivity index (χ2v) is 9.09. The molecule has 0 saturated carbocycles. The number of nitrogens with zero attached hydrogens (tertiary/aromatic N) is 4. The molecule has 3 saturated heterocycles. The molecule has 5 heterocycles. The van der Waals surface area contributed by atoms with Crippen molar-refractivity contribution in [2.45, 2.75) is 19.8 Å². The van der Waals surface area contributed by atoms with Crippen LogP contribution in [0.4, 0.5) is 5.82 Å². The largest absolute Gasteiger partial charge is 0.456 e. The predicted octanol–water partition coefficient (Wildman–Crippen LogP) is 2.20. The van der Waals surface area contributed by atoms with E-state index in [1.54, 1.807) is 12.3 Å². The molecule has 2 amide bonds. The van der Waals surface area contributed by atoms with Crippen molar-refractivity contribution in [3.05, 3.63) is 48.0 Å². The van der Waals surface area contributed by atoms with Crippen LogP contribution in [-0.2, 0) is 9.53 Å². The third-order valence-electron chi connectivity index (χ3n) is 7.12. The summed E-state index contributed by atoms with van der Waals surface area (Å²) in [5, 5.41) is 0. The maximum Gasteiger partial charge on any atom is 0.289 e. The Morgan fingerprint density at radius 2 is 1.91 bits per heavy atom. The topological polar surface area (TPSA) is 79.1 Å². The van der Waals surface area contributed by atoms with Crippen molar-refractivity contribution in [1.82, 2.24) is 14.8 Å². The number of hydrogen-bond donors (Lipinski definition) is 0. The molecular weight excluding hydrogens is 408 g/mol. The van der Waals surface area contributed by atoms with Gasteiger partial charge in [0, 0.05) is 51.4 Å². The summed E-state index contributed by atoms with van der Waals surface area (Å²) in [5.41, 5.74) is -0.525. The van der Waals surface area contributed by atoms with Crippen LogP contribution in [0.25, 0.3) is 0 Å². The molecule has 0 aromatic carbocycles. The highest BCUT2D eigenvalue weighted by atomic mass is 16.5. The van der Waals surface area contributed by atoms with Gasteiger partial charge in [0.1, 0.15) is 11.6 Å². The zero-order valence-corrected chi connectivity index (χ0v) is 18.5. The fourth-order valence-corrected chi connectivity index (χ4v) is 5.47. The molecule has 170 valence electrons. The molecular formula is C24H30N4O4. The zero-order valence-electron chi connectivity index (χ0n) is 18.5. The van der Waals surface area contributed by atoms with E-state index in [4.69, 9.17) is 9.15 Å². The molecule has 3 fully saturated rings. The number of anilines is 1. The molecule has 0 N–H and O–H groups in total. The highest BCUT2D eigenvalue weighted by molar-refractivity contribution is 5.92. The van der Waals surface area contributed by atoms with Crippen LogP contribution in [0.2, 0.25) is 0 Å². The van der Waals surface area contributed by atoms with E-state index in [2.05, 4.69) is 9.88 Å². The SMILES string of the molecule is Cc1ccc(C(=O)N2CCC[C@@]3(C(=O)N4CCOCC4)CN(c4ccccn4)C[C@H]3C2)o1. The van der Waals surface area contributed by atoms with Gasteiger partial charge in [-0.2, -0.15) is 0 Å². The summed E-state index contributed by atoms with van der Waals surface area (Å²) in [4.78, 5) is 37.7. The van der Waals surface area contributed by atoms with Gasteiger partial charge in [0.15, 0.2) is 5.76 Å². The van der Waals surface area contributed by atoms with Crippen molar-refractivity contribution in [2.75, 3.05) is 57.4 Å². The van der Waals surface area contributed by atoms with Gasteiger partial charge < -0.3 is 23.9 Å². The first kappa shape index (κ1) is 21.0.